The summed E-state index contributed by atoms with van der Waals surface area (Å²) < 4.78 is 17.8. The van der Waals surface area contributed by atoms with E-state index in [4.69, 9.17) is 16.2 Å². The lowest BCUT2D eigenvalue weighted by molar-refractivity contribution is 0.411. The van der Waals surface area contributed by atoms with Crippen molar-refractivity contribution in [2.75, 3.05) is 7.11 Å². The molecular formula is C9H11FN4O. The highest BCUT2D eigenvalue weighted by Crippen LogP contribution is 2.14. The first-order valence-corrected chi connectivity index (χ1v) is 4.08. The molecular weight excluding hydrogens is 199 g/mol. The van der Waals surface area contributed by atoms with Crippen molar-refractivity contribution >= 4 is 12.2 Å². The second-order valence-electron chi connectivity index (χ2n) is 2.69. The molecule has 0 saturated carbocycles. The fraction of sp³-hybridized carbons (Fsp3) is 0.111. The molecule has 0 amide bonds. The Kier molecular flexibility index (Phi) is 3.61. The van der Waals surface area contributed by atoms with Gasteiger partial charge in [0.2, 0.25) is 5.96 Å². The lowest BCUT2D eigenvalue weighted by Crippen LogP contribution is -2.21. The number of benzene rings is 1. The number of nitrogens with zero attached hydrogens (tertiary/aromatic N) is 2. The predicted molar refractivity (Wildman–Crippen MR) is 56.4 cm³/mol. The molecule has 0 radical (unpaired) electrons. The summed E-state index contributed by atoms with van der Waals surface area (Å²) >= 11 is 0. The van der Waals surface area contributed by atoms with E-state index >= 15 is 0 Å². The summed E-state index contributed by atoms with van der Waals surface area (Å²) in [6.07, 6.45) is 1.32. The number of nitrogens with two attached hydrogens (primary N) is 2. The molecule has 0 aliphatic carbocycles. The van der Waals surface area contributed by atoms with Gasteiger partial charge in [-0.05, 0) is 12.1 Å². The molecule has 1 rings (SSSR count). The Labute approximate surface area is 86.2 Å². The summed E-state index contributed by atoms with van der Waals surface area (Å²) in [7, 11) is 1.45. The van der Waals surface area contributed by atoms with Crippen molar-refractivity contribution < 1.29 is 9.13 Å². The minimum Gasteiger partial charge on any atom is -0.497 e. The number of methoxy groups -OCH3 is 1. The molecule has 0 bridgehead atoms. The summed E-state index contributed by atoms with van der Waals surface area (Å²) in [6.45, 7) is 0. The van der Waals surface area contributed by atoms with Gasteiger partial charge in [-0.2, -0.15) is 5.10 Å². The quantitative estimate of drug-likeness (QED) is 0.431. The molecule has 0 atom stereocenters. The molecule has 0 aromatic heterocycles. The average Bonchev–Trinajstić information content (AvgIpc) is 2.16. The maximum Gasteiger partial charge on any atom is 0.211 e. The predicted octanol–water partition coefficient (Wildman–Crippen LogP) is 0.442. The molecule has 0 aliphatic rings. The van der Waals surface area contributed by atoms with Crippen LogP contribution in [0.2, 0.25) is 0 Å². The Bertz CT molecular complexity index is 399. The SMILES string of the molecule is COc1cc(F)cc(C=NN=C(N)N)c1. The fourth-order valence-corrected chi connectivity index (χ4v) is 0.939. The van der Waals surface area contributed by atoms with Crippen LogP contribution in [0, 0.1) is 5.82 Å². The van der Waals surface area contributed by atoms with E-state index in [0.29, 0.717) is 11.3 Å². The third-order valence-electron chi connectivity index (χ3n) is 1.51. The van der Waals surface area contributed by atoms with E-state index < -0.39 is 5.82 Å². The first kappa shape index (κ1) is 11.0. The van der Waals surface area contributed by atoms with Crippen LogP contribution in [-0.4, -0.2) is 19.3 Å². The third kappa shape index (κ3) is 3.63. The Morgan fingerprint density at radius 1 is 1.40 bits per heavy atom. The molecule has 1 aromatic carbocycles. The number of hydrogen-bond donors (Lipinski definition) is 2. The molecule has 0 aliphatic heterocycles. The van der Waals surface area contributed by atoms with Gasteiger partial charge in [-0.15, -0.1) is 5.10 Å². The highest BCUT2D eigenvalue weighted by Gasteiger charge is 1.98. The number of halogens is 1. The van der Waals surface area contributed by atoms with E-state index in [9.17, 15) is 4.39 Å². The largest absolute Gasteiger partial charge is 0.497 e. The van der Waals surface area contributed by atoms with Crippen molar-refractivity contribution in [2.45, 2.75) is 0 Å². The summed E-state index contributed by atoms with van der Waals surface area (Å²) in [5.74, 6) is -0.170. The molecule has 6 heteroatoms. The van der Waals surface area contributed by atoms with Crippen molar-refractivity contribution in [2.24, 2.45) is 21.7 Å². The van der Waals surface area contributed by atoms with Crippen molar-refractivity contribution in [1.29, 1.82) is 0 Å². The van der Waals surface area contributed by atoms with Crippen LogP contribution in [0.5, 0.6) is 5.75 Å². The zero-order valence-electron chi connectivity index (χ0n) is 8.14. The minimum atomic E-state index is -0.416. The highest BCUT2D eigenvalue weighted by molar-refractivity contribution is 5.82. The van der Waals surface area contributed by atoms with Crippen LogP contribution in [0.1, 0.15) is 5.56 Å². The van der Waals surface area contributed by atoms with Crippen LogP contribution in [0.4, 0.5) is 4.39 Å². The molecule has 4 N–H and O–H groups in total. The first-order valence-electron chi connectivity index (χ1n) is 4.08. The van der Waals surface area contributed by atoms with E-state index in [1.807, 2.05) is 0 Å². The van der Waals surface area contributed by atoms with E-state index in [1.165, 1.54) is 25.5 Å². The lowest BCUT2D eigenvalue weighted by atomic mass is 10.2. The zero-order chi connectivity index (χ0) is 11.3. The Morgan fingerprint density at radius 3 is 2.73 bits per heavy atom. The molecule has 80 valence electrons. The van der Waals surface area contributed by atoms with Gasteiger partial charge in [-0.1, -0.05) is 0 Å². The number of rotatable bonds is 3. The van der Waals surface area contributed by atoms with Crippen molar-refractivity contribution in [3.05, 3.63) is 29.6 Å². The van der Waals surface area contributed by atoms with Gasteiger partial charge in [0.1, 0.15) is 11.6 Å². The van der Waals surface area contributed by atoms with Crippen LogP contribution in [-0.2, 0) is 0 Å². The van der Waals surface area contributed by atoms with E-state index in [2.05, 4.69) is 10.2 Å². The van der Waals surface area contributed by atoms with Gasteiger partial charge in [-0.25, -0.2) is 4.39 Å². The summed E-state index contributed by atoms with van der Waals surface area (Å²) in [4.78, 5) is 0. The van der Waals surface area contributed by atoms with Gasteiger partial charge in [0, 0.05) is 11.6 Å². The van der Waals surface area contributed by atoms with Gasteiger partial charge in [0.05, 0.1) is 13.3 Å². The standard InChI is InChI=1S/C9H11FN4O/c1-15-8-3-6(2-7(10)4-8)5-13-14-9(11)12/h2-5H,1H3,(H4,11,12,14). The van der Waals surface area contributed by atoms with Gasteiger partial charge < -0.3 is 16.2 Å². The smallest absolute Gasteiger partial charge is 0.211 e. The molecule has 15 heavy (non-hydrogen) atoms. The monoisotopic (exact) mass is 210 g/mol. The molecule has 0 saturated heterocycles. The highest BCUT2D eigenvalue weighted by atomic mass is 19.1. The number of guanidine groups is 1. The van der Waals surface area contributed by atoms with Crippen LogP contribution in [0.25, 0.3) is 0 Å². The maximum atomic E-state index is 13.0. The number of hydrogen-bond acceptors (Lipinski definition) is 3. The van der Waals surface area contributed by atoms with E-state index in [-0.39, 0.29) is 5.96 Å². The van der Waals surface area contributed by atoms with Gasteiger partial charge in [-0.3, -0.25) is 0 Å². The molecule has 5 nitrogen and oxygen atoms in total. The molecule has 0 fully saturated rings. The summed E-state index contributed by atoms with van der Waals surface area (Å²) in [5, 5.41) is 6.93. The summed E-state index contributed by atoms with van der Waals surface area (Å²) in [5.41, 5.74) is 10.6. The van der Waals surface area contributed by atoms with Crippen molar-refractivity contribution in [3.63, 3.8) is 0 Å². The Morgan fingerprint density at radius 2 is 2.13 bits per heavy atom. The van der Waals surface area contributed by atoms with E-state index in [0.717, 1.165) is 0 Å². The Hall–Kier alpha value is -2.11. The molecule has 1 aromatic rings. The van der Waals surface area contributed by atoms with E-state index in [1.54, 1.807) is 6.07 Å². The maximum absolute atomic E-state index is 13.0. The second kappa shape index (κ2) is 4.94. The second-order valence-corrected chi connectivity index (χ2v) is 2.69. The van der Waals surface area contributed by atoms with Crippen molar-refractivity contribution in [3.8, 4) is 5.75 Å². The van der Waals surface area contributed by atoms with Gasteiger partial charge >= 0.3 is 0 Å². The van der Waals surface area contributed by atoms with Crippen LogP contribution in [0.15, 0.2) is 28.4 Å². The topological polar surface area (TPSA) is 86.0 Å². The van der Waals surface area contributed by atoms with Crippen molar-refractivity contribution in [1.82, 2.24) is 0 Å². The minimum absolute atomic E-state index is 0.158. The number of ether oxygens (including phenoxy) is 1. The molecule has 0 heterocycles. The third-order valence-corrected chi connectivity index (χ3v) is 1.51. The van der Waals surface area contributed by atoms with Crippen LogP contribution < -0.4 is 16.2 Å². The van der Waals surface area contributed by atoms with Crippen LogP contribution in [0.3, 0.4) is 0 Å². The fourth-order valence-electron chi connectivity index (χ4n) is 0.939. The molecule has 0 spiro atoms. The molecule has 0 unspecified atom stereocenters. The normalized spacial score (nSPS) is 10.3. The van der Waals surface area contributed by atoms with Gasteiger partial charge in [0.25, 0.3) is 0 Å². The average molecular weight is 210 g/mol. The van der Waals surface area contributed by atoms with Crippen LogP contribution >= 0.6 is 0 Å². The zero-order valence-corrected chi connectivity index (χ0v) is 8.14. The first-order chi connectivity index (χ1) is 7.11. The van der Waals surface area contributed by atoms with Gasteiger partial charge in [0.15, 0.2) is 0 Å². The summed E-state index contributed by atoms with van der Waals surface area (Å²) in [6, 6.07) is 4.15. The Balaban J connectivity index is 2.90. The lowest BCUT2D eigenvalue weighted by Gasteiger charge is -2.00.